The zero-order valence-corrected chi connectivity index (χ0v) is 17.7. The lowest BCUT2D eigenvalue weighted by Gasteiger charge is -2.24. The Morgan fingerprint density at radius 1 is 1.31 bits per heavy atom. The number of hydrogen-bond acceptors (Lipinski definition) is 3. The lowest BCUT2D eigenvalue weighted by Crippen LogP contribution is -2.37. The van der Waals surface area contributed by atoms with E-state index < -0.39 is 5.60 Å². The lowest BCUT2D eigenvalue weighted by atomic mass is 9.92. The normalized spacial score (nSPS) is 21.8. The molecule has 2 aromatic rings. The van der Waals surface area contributed by atoms with Crippen LogP contribution in [-0.4, -0.2) is 52.2 Å². The number of benzene rings is 1. The molecule has 2 aliphatic rings. The lowest BCUT2D eigenvalue weighted by molar-refractivity contribution is -0.119. The third kappa shape index (κ3) is 5.01. The third-order valence-corrected chi connectivity index (χ3v) is 6.97. The molecule has 1 aromatic carbocycles. The van der Waals surface area contributed by atoms with Crippen molar-refractivity contribution < 1.29 is 9.90 Å². The maximum Gasteiger partial charge on any atom is 0.216 e. The van der Waals surface area contributed by atoms with Gasteiger partial charge in [0.2, 0.25) is 5.91 Å². The standard InChI is InChI=1S/C24H35N3O2/c1-18(28)25-12-14-27-13-4-5-21(27)16-20-17-26-23-7-6-19(15-22(20)23)8-11-24(29)9-2-3-10-24/h6-7,15,17,21,26,29H,2-5,8-14,16H2,1H3,(H,25,28)/t21-/m1/s1. The van der Waals surface area contributed by atoms with E-state index in [1.165, 1.54) is 34.9 Å². The fourth-order valence-electron chi connectivity index (χ4n) is 5.26. The van der Waals surface area contributed by atoms with Gasteiger partial charge in [0.05, 0.1) is 5.60 Å². The highest BCUT2D eigenvalue weighted by Gasteiger charge is 2.30. The van der Waals surface area contributed by atoms with Crippen LogP contribution in [0.15, 0.2) is 24.4 Å². The van der Waals surface area contributed by atoms with Gasteiger partial charge in [0.1, 0.15) is 0 Å². The minimum atomic E-state index is -0.436. The number of aliphatic hydroxyl groups is 1. The van der Waals surface area contributed by atoms with Crippen LogP contribution in [0.1, 0.15) is 63.0 Å². The second-order valence-electron chi connectivity index (χ2n) is 9.14. The van der Waals surface area contributed by atoms with Crippen LogP contribution < -0.4 is 5.32 Å². The number of H-pyrrole nitrogens is 1. The van der Waals surface area contributed by atoms with E-state index in [1.807, 2.05) is 0 Å². The topological polar surface area (TPSA) is 68.4 Å². The van der Waals surface area contributed by atoms with E-state index in [4.69, 9.17) is 0 Å². The highest BCUT2D eigenvalue weighted by molar-refractivity contribution is 5.84. The molecule has 1 saturated carbocycles. The van der Waals surface area contributed by atoms with Crippen molar-refractivity contribution in [3.8, 4) is 0 Å². The molecule has 1 atom stereocenters. The number of carbonyl (C=O) groups is 1. The molecular formula is C24H35N3O2. The van der Waals surface area contributed by atoms with E-state index in [2.05, 4.69) is 39.6 Å². The van der Waals surface area contributed by atoms with Gasteiger partial charge in [0.15, 0.2) is 0 Å². The van der Waals surface area contributed by atoms with E-state index in [1.54, 1.807) is 6.92 Å². The van der Waals surface area contributed by atoms with Crippen LogP contribution in [-0.2, 0) is 17.6 Å². The second kappa shape index (κ2) is 8.88. The Morgan fingerprint density at radius 2 is 2.14 bits per heavy atom. The van der Waals surface area contributed by atoms with Gasteiger partial charge in [0.25, 0.3) is 0 Å². The largest absolute Gasteiger partial charge is 0.390 e. The highest BCUT2D eigenvalue weighted by atomic mass is 16.3. The SMILES string of the molecule is CC(=O)NCCN1CCC[C@@H]1Cc1c[nH]c2ccc(CCC3(O)CCCC3)cc12. The van der Waals surface area contributed by atoms with Crippen molar-refractivity contribution in [3.05, 3.63) is 35.5 Å². The van der Waals surface area contributed by atoms with E-state index in [0.29, 0.717) is 6.04 Å². The first kappa shape index (κ1) is 20.4. The summed E-state index contributed by atoms with van der Waals surface area (Å²) in [6.45, 7) is 4.36. The molecule has 158 valence electrons. The molecule has 1 aromatic heterocycles. The van der Waals surface area contributed by atoms with E-state index in [0.717, 1.165) is 64.6 Å². The van der Waals surface area contributed by atoms with Crippen LogP contribution in [0.2, 0.25) is 0 Å². The van der Waals surface area contributed by atoms with Crippen LogP contribution >= 0.6 is 0 Å². The Kier molecular flexibility index (Phi) is 6.26. The Hall–Kier alpha value is -1.85. The predicted molar refractivity (Wildman–Crippen MR) is 117 cm³/mol. The fraction of sp³-hybridized carbons (Fsp3) is 0.625. The molecule has 1 aliphatic carbocycles. The average molecular weight is 398 g/mol. The van der Waals surface area contributed by atoms with Crippen LogP contribution in [0, 0.1) is 0 Å². The molecule has 2 heterocycles. The van der Waals surface area contributed by atoms with Gasteiger partial charge >= 0.3 is 0 Å². The van der Waals surface area contributed by atoms with Crippen LogP contribution in [0.4, 0.5) is 0 Å². The molecule has 1 amide bonds. The van der Waals surface area contributed by atoms with Gasteiger partial charge in [0, 0.05) is 43.2 Å². The van der Waals surface area contributed by atoms with Crippen LogP contribution in [0.25, 0.3) is 10.9 Å². The minimum Gasteiger partial charge on any atom is -0.390 e. The molecule has 0 radical (unpaired) electrons. The Labute approximate surface area is 173 Å². The van der Waals surface area contributed by atoms with Crippen molar-refractivity contribution in [1.29, 1.82) is 0 Å². The van der Waals surface area contributed by atoms with Crippen molar-refractivity contribution >= 4 is 16.8 Å². The number of nitrogens with one attached hydrogen (secondary N) is 2. The number of aromatic nitrogens is 1. The van der Waals surface area contributed by atoms with Crippen molar-refractivity contribution in [2.24, 2.45) is 0 Å². The number of likely N-dealkylation sites (tertiary alicyclic amines) is 1. The second-order valence-corrected chi connectivity index (χ2v) is 9.14. The summed E-state index contributed by atoms with van der Waals surface area (Å²) in [6.07, 6.45) is 11.7. The van der Waals surface area contributed by atoms with Crippen molar-refractivity contribution in [2.75, 3.05) is 19.6 Å². The summed E-state index contributed by atoms with van der Waals surface area (Å²) >= 11 is 0. The first-order valence-corrected chi connectivity index (χ1v) is 11.3. The molecule has 1 aliphatic heterocycles. The van der Waals surface area contributed by atoms with E-state index in [-0.39, 0.29) is 5.91 Å². The van der Waals surface area contributed by atoms with Gasteiger partial charge in [-0.15, -0.1) is 0 Å². The molecule has 2 fully saturated rings. The summed E-state index contributed by atoms with van der Waals surface area (Å²) in [7, 11) is 0. The summed E-state index contributed by atoms with van der Waals surface area (Å²) in [6, 6.07) is 7.27. The van der Waals surface area contributed by atoms with E-state index >= 15 is 0 Å². The maximum absolute atomic E-state index is 11.1. The van der Waals surface area contributed by atoms with Crippen LogP contribution in [0.3, 0.4) is 0 Å². The van der Waals surface area contributed by atoms with E-state index in [9.17, 15) is 9.90 Å². The van der Waals surface area contributed by atoms with Crippen LogP contribution in [0.5, 0.6) is 0 Å². The first-order chi connectivity index (χ1) is 14.0. The number of aromatic amines is 1. The molecule has 0 unspecified atom stereocenters. The summed E-state index contributed by atoms with van der Waals surface area (Å²) < 4.78 is 0. The summed E-state index contributed by atoms with van der Waals surface area (Å²) in [5.41, 5.74) is 3.48. The van der Waals surface area contributed by atoms with Crippen molar-refractivity contribution in [3.63, 3.8) is 0 Å². The van der Waals surface area contributed by atoms with Gasteiger partial charge in [-0.1, -0.05) is 18.9 Å². The number of carbonyl (C=O) groups excluding carboxylic acids is 1. The molecule has 4 rings (SSSR count). The number of hydrogen-bond donors (Lipinski definition) is 3. The average Bonchev–Trinajstić information content (AvgIpc) is 3.42. The van der Waals surface area contributed by atoms with Gasteiger partial charge < -0.3 is 15.4 Å². The fourth-order valence-corrected chi connectivity index (χ4v) is 5.26. The summed E-state index contributed by atoms with van der Waals surface area (Å²) in [5.74, 6) is 0.0483. The van der Waals surface area contributed by atoms with Gasteiger partial charge in [-0.05, 0) is 74.8 Å². The Morgan fingerprint density at radius 3 is 2.93 bits per heavy atom. The molecule has 0 spiro atoms. The van der Waals surface area contributed by atoms with Crippen molar-refractivity contribution in [1.82, 2.24) is 15.2 Å². The Bertz CT molecular complexity index is 838. The van der Waals surface area contributed by atoms with Gasteiger partial charge in [-0.25, -0.2) is 0 Å². The molecule has 5 nitrogen and oxygen atoms in total. The van der Waals surface area contributed by atoms with Gasteiger partial charge in [-0.3, -0.25) is 9.69 Å². The molecule has 0 bridgehead atoms. The summed E-state index contributed by atoms with van der Waals surface area (Å²) in [4.78, 5) is 17.1. The quantitative estimate of drug-likeness (QED) is 0.638. The minimum absolute atomic E-state index is 0.0483. The monoisotopic (exact) mass is 397 g/mol. The number of aryl methyl sites for hydroxylation is 1. The van der Waals surface area contributed by atoms with Gasteiger partial charge in [-0.2, -0.15) is 0 Å². The third-order valence-electron chi connectivity index (χ3n) is 6.97. The smallest absolute Gasteiger partial charge is 0.216 e. The Balaban J connectivity index is 1.41. The molecule has 29 heavy (non-hydrogen) atoms. The van der Waals surface area contributed by atoms with Crippen molar-refractivity contribution in [2.45, 2.75) is 76.4 Å². The first-order valence-electron chi connectivity index (χ1n) is 11.3. The number of nitrogens with zero attached hydrogens (tertiary/aromatic N) is 1. The zero-order chi connectivity index (χ0) is 20.3. The molecular weight excluding hydrogens is 362 g/mol. The number of fused-ring (bicyclic) bond motifs is 1. The molecule has 3 N–H and O–H groups in total. The zero-order valence-electron chi connectivity index (χ0n) is 17.7. The number of rotatable bonds is 8. The predicted octanol–water partition coefficient (Wildman–Crippen LogP) is 3.55. The molecule has 1 saturated heterocycles. The summed E-state index contributed by atoms with van der Waals surface area (Å²) in [5, 5.41) is 14.9. The highest BCUT2D eigenvalue weighted by Crippen LogP contribution is 2.34. The molecule has 5 heteroatoms. The number of amides is 1. The maximum atomic E-state index is 11.1.